The number of fused-ring (bicyclic) bond motifs is 1. The Morgan fingerprint density at radius 2 is 2.00 bits per heavy atom. The summed E-state index contributed by atoms with van der Waals surface area (Å²) in [6.45, 7) is 2.43. The summed E-state index contributed by atoms with van der Waals surface area (Å²) in [4.78, 5) is 25.0. The number of carbonyl (C=O) groups is 2. The van der Waals surface area contributed by atoms with Crippen LogP contribution in [0.15, 0.2) is 22.7 Å². The van der Waals surface area contributed by atoms with Gasteiger partial charge in [0.1, 0.15) is 0 Å². The molecule has 1 aliphatic rings. The molecule has 3 nitrogen and oxygen atoms in total. The second kappa shape index (κ2) is 3.77. The zero-order valence-electron chi connectivity index (χ0n) is 8.29. The first-order chi connectivity index (χ1) is 7.16. The predicted molar refractivity (Wildman–Crippen MR) is 59.8 cm³/mol. The molecular formula is C11H10BrNO2. The van der Waals surface area contributed by atoms with Crippen LogP contribution in [0.3, 0.4) is 0 Å². The van der Waals surface area contributed by atoms with Crippen molar-refractivity contribution in [1.82, 2.24) is 4.90 Å². The average Bonchev–Trinajstić information content (AvgIpc) is 2.45. The quantitative estimate of drug-likeness (QED) is 0.772. The lowest BCUT2D eigenvalue weighted by Crippen LogP contribution is -2.30. The van der Waals surface area contributed by atoms with E-state index in [1.807, 2.05) is 6.92 Å². The summed E-state index contributed by atoms with van der Waals surface area (Å²) in [7, 11) is 0. The molecule has 78 valence electrons. The van der Waals surface area contributed by atoms with Gasteiger partial charge < -0.3 is 0 Å². The van der Waals surface area contributed by atoms with Crippen LogP contribution in [-0.4, -0.2) is 23.3 Å². The number of hydrogen-bond acceptors (Lipinski definition) is 2. The summed E-state index contributed by atoms with van der Waals surface area (Å²) < 4.78 is 0.692. The Balaban J connectivity index is 2.51. The van der Waals surface area contributed by atoms with Gasteiger partial charge in [-0.15, -0.1) is 0 Å². The molecule has 1 heterocycles. The molecule has 1 aromatic rings. The minimum Gasteiger partial charge on any atom is -0.274 e. The second-order valence-electron chi connectivity index (χ2n) is 3.42. The molecule has 0 aliphatic carbocycles. The summed E-state index contributed by atoms with van der Waals surface area (Å²) in [5.41, 5.74) is 0.999. The van der Waals surface area contributed by atoms with E-state index in [1.54, 1.807) is 18.2 Å². The number of imide groups is 1. The summed E-state index contributed by atoms with van der Waals surface area (Å²) >= 11 is 3.29. The van der Waals surface area contributed by atoms with Crippen LogP contribution < -0.4 is 0 Å². The summed E-state index contributed by atoms with van der Waals surface area (Å²) in [6.07, 6.45) is 0.781. The first kappa shape index (κ1) is 10.4. The van der Waals surface area contributed by atoms with Crippen molar-refractivity contribution < 1.29 is 9.59 Å². The number of halogens is 1. The molecule has 0 aromatic heterocycles. The zero-order chi connectivity index (χ0) is 11.0. The molecule has 1 aliphatic heterocycles. The van der Waals surface area contributed by atoms with Gasteiger partial charge >= 0.3 is 0 Å². The van der Waals surface area contributed by atoms with Crippen molar-refractivity contribution in [3.05, 3.63) is 33.8 Å². The summed E-state index contributed by atoms with van der Waals surface area (Å²) in [5, 5.41) is 0. The van der Waals surface area contributed by atoms with Crippen LogP contribution in [-0.2, 0) is 0 Å². The van der Waals surface area contributed by atoms with Crippen LogP contribution in [0.5, 0.6) is 0 Å². The maximum absolute atomic E-state index is 11.9. The molecule has 0 N–H and O–H groups in total. The van der Waals surface area contributed by atoms with Gasteiger partial charge in [-0.05, 0) is 34.5 Å². The van der Waals surface area contributed by atoms with Gasteiger partial charge in [0, 0.05) is 11.0 Å². The van der Waals surface area contributed by atoms with Gasteiger partial charge in [0.05, 0.1) is 11.1 Å². The van der Waals surface area contributed by atoms with Gasteiger partial charge in [-0.25, -0.2) is 0 Å². The monoisotopic (exact) mass is 267 g/mol. The molecule has 0 unspecified atom stereocenters. The number of benzene rings is 1. The van der Waals surface area contributed by atoms with Crippen LogP contribution >= 0.6 is 15.9 Å². The van der Waals surface area contributed by atoms with Crippen LogP contribution in [0.4, 0.5) is 0 Å². The Morgan fingerprint density at radius 3 is 2.60 bits per heavy atom. The Labute approximate surface area is 96.2 Å². The second-order valence-corrected chi connectivity index (χ2v) is 4.28. The molecule has 4 heteroatoms. The van der Waals surface area contributed by atoms with E-state index in [4.69, 9.17) is 0 Å². The highest BCUT2D eigenvalue weighted by molar-refractivity contribution is 9.10. The Hall–Kier alpha value is -1.16. The van der Waals surface area contributed by atoms with Crippen molar-refractivity contribution in [2.75, 3.05) is 6.54 Å². The fourth-order valence-corrected chi connectivity index (χ4v) is 2.25. The van der Waals surface area contributed by atoms with E-state index < -0.39 is 0 Å². The molecule has 0 saturated heterocycles. The highest BCUT2D eigenvalue weighted by atomic mass is 79.9. The zero-order valence-corrected chi connectivity index (χ0v) is 9.87. The number of amides is 2. The fraction of sp³-hybridized carbons (Fsp3) is 0.273. The van der Waals surface area contributed by atoms with E-state index in [0.717, 1.165) is 6.42 Å². The third kappa shape index (κ3) is 1.49. The lowest BCUT2D eigenvalue weighted by molar-refractivity contribution is 0.0654. The van der Waals surface area contributed by atoms with Crippen molar-refractivity contribution in [3.8, 4) is 0 Å². The first-order valence-corrected chi connectivity index (χ1v) is 5.60. The van der Waals surface area contributed by atoms with E-state index in [2.05, 4.69) is 15.9 Å². The van der Waals surface area contributed by atoms with Crippen molar-refractivity contribution in [3.63, 3.8) is 0 Å². The van der Waals surface area contributed by atoms with E-state index in [0.29, 0.717) is 22.1 Å². The third-order valence-corrected chi connectivity index (χ3v) is 3.06. The van der Waals surface area contributed by atoms with Gasteiger partial charge in [-0.3, -0.25) is 14.5 Å². The number of hydrogen-bond donors (Lipinski definition) is 0. The van der Waals surface area contributed by atoms with Gasteiger partial charge in [-0.1, -0.05) is 13.0 Å². The fourth-order valence-electron chi connectivity index (χ4n) is 1.72. The Morgan fingerprint density at radius 1 is 1.27 bits per heavy atom. The summed E-state index contributed by atoms with van der Waals surface area (Å²) in [5.74, 6) is -0.373. The van der Waals surface area contributed by atoms with Crippen LogP contribution in [0, 0.1) is 0 Å². The normalized spacial score (nSPS) is 14.7. The average molecular weight is 268 g/mol. The van der Waals surface area contributed by atoms with Gasteiger partial charge in [-0.2, -0.15) is 0 Å². The Bertz CT molecular complexity index is 442. The predicted octanol–water partition coefficient (Wildman–Crippen LogP) is 2.46. The molecule has 2 amide bonds. The van der Waals surface area contributed by atoms with E-state index in [1.165, 1.54) is 4.90 Å². The molecular weight excluding hydrogens is 258 g/mol. The summed E-state index contributed by atoms with van der Waals surface area (Å²) in [6, 6.07) is 5.24. The highest BCUT2D eigenvalue weighted by Gasteiger charge is 2.36. The molecule has 0 saturated carbocycles. The minimum atomic E-state index is -0.190. The lowest BCUT2D eigenvalue weighted by Gasteiger charge is -2.11. The standard InChI is InChI=1S/C11H10BrNO2/c1-2-6-13-10(14)7-4-3-5-8(12)9(7)11(13)15/h3-5H,2,6H2,1H3. The van der Waals surface area contributed by atoms with E-state index >= 15 is 0 Å². The van der Waals surface area contributed by atoms with Crippen LogP contribution in [0.25, 0.3) is 0 Å². The molecule has 0 bridgehead atoms. The van der Waals surface area contributed by atoms with Gasteiger partial charge in [0.15, 0.2) is 0 Å². The molecule has 0 radical (unpaired) electrons. The van der Waals surface area contributed by atoms with E-state index in [9.17, 15) is 9.59 Å². The number of rotatable bonds is 2. The molecule has 0 spiro atoms. The third-order valence-electron chi connectivity index (χ3n) is 2.40. The van der Waals surface area contributed by atoms with Crippen molar-refractivity contribution in [2.45, 2.75) is 13.3 Å². The molecule has 0 fully saturated rings. The van der Waals surface area contributed by atoms with Crippen molar-refractivity contribution >= 4 is 27.7 Å². The van der Waals surface area contributed by atoms with Crippen molar-refractivity contribution in [1.29, 1.82) is 0 Å². The molecule has 1 aromatic carbocycles. The maximum atomic E-state index is 11.9. The Kier molecular flexibility index (Phi) is 2.61. The van der Waals surface area contributed by atoms with Crippen molar-refractivity contribution in [2.24, 2.45) is 0 Å². The molecule has 15 heavy (non-hydrogen) atoms. The largest absolute Gasteiger partial charge is 0.274 e. The van der Waals surface area contributed by atoms with Gasteiger partial charge in [0.25, 0.3) is 11.8 Å². The SMILES string of the molecule is CCCN1C(=O)c2cccc(Br)c2C1=O. The smallest absolute Gasteiger partial charge is 0.262 e. The lowest BCUT2D eigenvalue weighted by atomic mass is 10.1. The number of carbonyl (C=O) groups excluding carboxylic acids is 2. The first-order valence-electron chi connectivity index (χ1n) is 4.81. The molecule has 0 atom stereocenters. The maximum Gasteiger partial charge on any atom is 0.262 e. The van der Waals surface area contributed by atoms with Crippen LogP contribution in [0.2, 0.25) is 0 Å². The van der Waals surface area contributed by atoms with Crippen LogP contribution in [0.1, 0.15) is 34.1 Å². The number of nitrogens with zero attached hydrogens (tertiary/aromatic N) is 1. The highest BCUT2D eigenvalue weighted by Crippen LogP contribution is 2.29. The van der Waals surface area contributed by atoms with Gasteiger partial charge in [0.2, 0.25) is 0 Å². The minimum absolute atomic E-state index is 0.182. The van der Waals surface area contributed by atoms with E-state index in [-0.39, 0.29) is 11.8 Å². The molecule has 2 rings (SSSR count). The topological polar surface area (TPSA) is 37.4 Å².